The predicted molar refractivity (Wildman–Crippen MR) is 60.4 cm³/mol. The van der Waals surface area contributed by atoms with Crippen LogP contribution in [0, 0.1) is 5.92 Å². The molecule has 3 rings (SSSR count). The van der Waals surface area contributed by atoms with Crippen molar-refractivity contribution in [1.29, 1.82) is 0 Å². The minimum Gasteiger partial charge on any atom is -0.241 e. The highest BCUT2D eigenvalue weighted by atomic mass is 32.1. The standard InChI is InChI=1S/C12H12NS/c1-2-6-9(5-1)12-13-10-7-3-4-8-11(10)14-12/h3-4,7-8H,1-2,5-6H2. The second-order valence-corrected chi connectivity index (χ2v) is 4.83. The Labute approximate surface area is 87.8 Å². The number of nitrogens with zero attached hydrogens (tertiary/aromatic N) is 1. The molecule has 0 N–H and O–H groups in total. The molecule has 0 unspecified atom stereocenters. The Morgan fingerprint density at radius 2 is 1.86 bits per heavy atom. The summed E-state index contributed by atoms with van der Waals surface area (Å²) < 4.78 is 1.32. The summed E-state index contributed by atoms with van der Waals surface area (Å²) in [5.74, 6) is 1.58. The number of hydrogen-bond acceptors (Lipinski definition) is 2. The molecule has 1 aliphatic carbocycles. The molecule has 14 heavy (non-hydrogen) atoms. The maximum Gasteiger partial charge on any atom is 0.101 e. The van der Waals surface area contributed by atoms with E-state index >= 15 is 0 Å². The highest BCUT2D eigenvalue weighted by Crippen LogP contribution is 2.36. The number of fused-ring (bicyclic) bond motifs is 1. The normalized spacial score (nSPS) is 18.0. The van der Waals surface area contributed by atoms with Crippen LogP contribution in [-0.2, 0) is 0 Å². The fraction of sp³-hybridized carbons (Fsp3) is 0.333. The van der Waals surface area contributed by atoms with Gasteiger partial charge in [-0.3, -0.25) is 0 Å². The zero-order valence-corrected chi connectivity index (χ0v) is 8.81. The molecule has 71 valence electrons. The quantitative estimate of drug-likeness (QED) is 0.685. The van der Waals surface area contributed by atoms with Gasteiger partial charge in [-0.15, -0.1) is 11.3 Å². The zero-order valence-electron chi connectivity index (χ0n) is 7.99. The van der Waals surface area contributed by atoms with E-state index < -0.39 is 0 Å². The van der Waals surface area contributed by atoms with Gasteiger partial charge in [0.25, 0.3) is 0 Å². The Morgan fingerprint density at radius 3 is 2.64 bits per heavy atom. The molecular formula is C12H12NS. The lowest BCUT2D eigenvalue weighted by Gasteiger charge is -2.00. The van der Waals surface area contributed by atoms with E-state index in [4.69, 9.17) is 0 Å². The maximum atomic E-state index is 4.68. The second-order valence-electron chi connectivity index (χ2n) is 3.80. The SMILES string of the molecule is c1ccc2sc([C]3CCCC3)nc2c1. The molecular weight excluding hydrogens is 190 g/mol. The molecule has 1 nitrogen and oxygen atoms in total. The largest absolute Gasteiger partial charge is 0.241 e. The predicted octanol–water partition coefficient (Wildman–Crippen LogP) is 3.79. The van der Waals surface area contributed by atoms with Gasteiger partial charge >= 0.3 is 0 Å². The zero-order chi connectivity index (χ0) is 9.38. The molecule has 1 aromatic heterocycles. The van der Waals surface area contributed by atoms with Gasteiger partial charge in [0.05, 0.1) is 10.2 Å². The van der Waals surface area contributed by atoms with Crippen molar-refractivity contribution in [2.24, 2.45) is 0 Å². The van der Waals surface area contributed by atoms with E-state index in [0.717, 1.165) is 5.52 Å². The number of thiazole rings is 1. The van der Waals surface area contributed by atoms with Gasteiger partial charge < -0.3 is 0 Å². The minimum absolute atomic E-state index is 1.16. The van der Waals surface area contributed by atoms with Crippen molar-refractivity contribution in [3.05, 3.63) is 35.2 Å². The summed E-state index contributed by atoms with van der Waals surface area (Å²) in [4.78, 5) is 4.68. The van der Waals surface area contributed by atoms with E-state index in [0.29, 0.717) is 0 Å². The van der Waals surface area contributed by atoms with E-state index in [-0.39, 0.29) is 0 Å². The number of para-hydroxylation sites is 1. The van der Waals surface area contributed by atoms with Crippen LogP contribution in [0.2, 0.25) is 0 Å². The molecule has 0 saturated heterocycles. The number of rotatable bonds is 1. The molecule has 1 saturated carbocycles. The van der Waals surface area contributed by atoms with E-state index in [1.807, 2.05) is 11.3 Å². The summed E-state index contributed by atoms with van der Waals surface area (Å²) in [6.07, 6.45) is 5.23. The monoisotopic (exact) mass is 202 g/mol. The van der Waals surface area contributed by atoms with Crippen LogP contribution in [0.25, 0.3) is 10.2 Å². The molecule has 1 fully saturated rings. The Hall–Kier alpha value is -0.890. The molecule has 2 aromatic rings. The number of hydrogen-bond donors (Lipinski definition) is 0. The summed E-state index contributed by atoms with van der Waals surface area (Å²) in [6.45, 7) is 0. The first-order chi connectivity index (χ1) is 6.93. The van der Waals surface area contributed by atoms with E-state index in [1.165, 1.54) is 35.4 Å². The van der Waals surface area contributed by atoms with Gasteiger partial charge in [-0.1, -0.05) is 25.0 Å². The summed E-state index contributed by atoms with van der Waals surface area (Å²) >= 11 is 1.85. The van der Waals surface area contributed by atoms with E-state index in [9.17, 15) is 0 Å². The van der Waals surface area contributed by atoms with Crippen LogP contribution in [0.3, 0.4) is 0 Å². The molecule has 1 aromatic carbocycles. The fourth-order valence-corrected chi connectivity index (χ4v) is 3.10. The Bertz CT molecular complexity index is 407. The van der Waals surface area contributed by atoms with Crippen LogP contribution in [0.1, 0.15) is 30.7 Å². The first-order valence-electron chi connectivity index (χ1n) is 5.14. The third-order valence-electron chi connectivity index (χ3n) is 2.80. The molecule has 0 aliphatic heterocycles. The van der Waals surface area contributed by atoms with Crippen molar-refractivity contribution in [2.45, 2.75) is 25.7 Å². The highest BCUT2D eigenvalue weighted by molar-refractivity contribution is 7.18. The first-order valence-corrected chi connectivity index (χ1v) is 5.96. The van der Waals surface area contributed by atoms with Crippen LogP contribution < -0.4 is 0 Å². The minimum atomic E-state index is 1.16. The summed E-state index contributed by atoms with van der Waals surface area (Å²) in [5.41, 5.74) is 1.16. The average molecular weight is 202 g/mol. The van der Waals surface area contributed by atoms with Gasteiger partial charge in [-0.25, -0.2) is 4.98 Å². The second kappa shape index (κ2) is 3.35. The van der Waals surface area contributed by atoms with Gasteiger partial charge in [-0.05, 0) is 25.0 Å². The lowest BCUT2D eigenvalue weighted by molar-refractivity contribution is 0.886. The number of benzene rings is 1. The van der Waals surface area contributed by atoms with Gasteiger partial charge in [0.1, 0.15) is 5.01 Å². The van der Waals surface area contributed by atoms with Crippen LogP contribution in [0.15, 0.2) is 24.3 Å². The van der Waals surface area contributed by atoms with Gasteiger partial charge in [0.15, 0.2) is 0 Å². The van der Waals surface area contributed by atoms with Crippen molar-refractivity contribution in [3.63, 3.8) is 0 Å². The smallest absolute Gasteiger partial charge is 0.101 e. The Kier molecular flexibility index (Phi) is 2.02. The summed E-state index contributed by atoms with van der Waals surface area (Å²) in [5, 5.41) is 1.28. The van der Waals surface area contributed by atoms with Crippen LogP contribution in [-0.4, -0.2) is 4.98 Å². The molecule has 2 heteroatoms. The third-order valence-corrected chi connectivity index (χ3v) is 3.94. The van der Waals surface area contributed by atoms with E-state index in [1.54, 1.807) is 5.92 Å². The average Bonchev–Trinajstić information content (AvgIpc) is 2.86. The third kappa shape index (κ3) is 1.34. The number of aromatic nitrogens is 1. The molecule has 1 heterocycles. The van der Waals surface area contributed by atoms with Gasteiger partial charge in [-0.2, -0.15) is 0 Å². The maximum absolute atomic E-state index is 4.68. The van der Waals surface area contributed by atoms with Gasteiger partial charge in [0.2, 0.25) is 0 Å². The van der Waals surface area contributed by atoms with Crippen LogP contribution in [0.4, 0.5) is 0 Å². The molecule has 0 bridgehead atoms. The van der Waals surface area contributed by atoms with Crippen molar-refractivity contribution in [2.75, 3.05) is 0 Å². The van der Waals surface area contributed by atoms with E-state index in [2.05, 4.69) is 29.2 Å². The molecule has 0 atom stereocenters. The lowest BCUT2D eigenvalue weighted by Crippen LogP contribution is -1.90. The van der Waals surface area contributed by atoms with Crippen molar-refractivity contribution < 1.29 is 0 Å². The summed E-state index contributed by atoms with van der Waals surface area (Å²) in [6, 6.07) is 8.41. The Balaban J connectivity index is 2.05. The highest BCUT2D eigenvalue weighted by Gasteiger charge is 2.20. The Morgan fingerprint density at radius 1 is 1.07 bits per heavy atom. The molecule has 0 spiro atoms. The van der Waals surface area contributed by atoms with Crippen molar-refractivity contribution >= 4 is 21.6 Å². The van der Waals surface area contributed by atoms with Crippen molar-refractivity contribution in [3.8, 4) is 0 Å². The fourth-order valence-electron chi connectivity index (χ4n) is 2.04. The topological polar surface area (TPSA) is 12.9 Å². The molecule has 0 amide bonds. The first kappa shape index (κ1) is 8.42. The van der Waals surface area contributed by atoms with Crippen LogP contribution in [0.5, 0.6) is 0 Å². The summed E-state index contributed by atoms with van der Waals surface area (Å²) in [7, 11) is 0. The molecule has 1 radical (unpaired) electrons. The lowest BCUT2D eigenvalue weighted by atomic mass is 10.1. The molecule has 1 aliphatic rings. The van der Waals surface area contributed by atoms with Gasteiger partial charge in [0, 0.05) is 5.92 Å². The van der Waals surface area contributed by atoms with Crippen molar-refractivity contribution in [1.82, 2.24) is 4.98 Å². The van der Waals surface area contributed by atoms with Crippen LogP contribution >= 0.6 is 11.3 Å².